The lowest BCUT2D eigenvalue weighted by molar-refractivity contribution is 0.0696. The number of carbonyl (C=O) groups is 1. The number of fused-ring (bicyclic) bond motifs is 1. The summed E-state index contributed by atoms with van der Waals surface area (Å²) in [6, 6.07) is 4.92. The third kappa shape index (κ3) is 1.97. The monoisotopic (exact) mass is 282 g/mol. The molecule has 0 radical (unpaired) electrons. The molecule has 1 heterocycles. The molecular formula is C12H11BrO3. The Morgan fingerprint density at radius 1 is 1.56 bits per heavy atom. The van der Waals surface area contributed by atoms with Crippen LogP contribution in [0, 0.1) is 0 Å². The Balaban J connectivity index is 2.51. The quantitative estimate of drug-likeness (QED) is 0.636. The van der Waals surface area contributed by atoms with Crippen molar-refractivity contribution in [1.29, 1.82) is 0 Å². The van der Waals surface area contributed by atoms with Crippen molar-refractivity contribution in [3.05, 3.63) is 41.0 Å². The topological polar surface area (TPSA) is 46.5 Å². The maximum absolute atomic E-state index is 10.9. The van der Waals surface area contributed by atoms with Gasteiger partial charge in [0.15, 0.2) is 0 Å². The number of hydrogen-bond acceptors (Lipinski definition) is 2. The van der Waals surface area contributed by atoms with E-state index in [2.05, 4.69) is 15.9 Å². The number of hydrogen-bond donors (Lipinski definition) is 1. The molecule has 0 aromatic heterocycles. The molecule has 16 heavy (non-hydrogen) atoms. The summed E-state index contributed by atoms with van der Waals surface area (Å²) in [7, 11) is 0. The number of rotatable bonds is 1. The van der Waals surface area contributed by atoms with Crippen LogP contribution in [0.2, 0.25) is 0 Å². The fourth-order valence-electron chi connectivity index (χ4n) is 1.62. The molecule has 0 saturated heterocycles. The van der Waals surface area contributed by atoms with Crippen molar-refractivity contribution in [2.45, 2.75) is 11.8 Å². The Hall–Kier alpha value is -1.29. The van der Waals surface area contributed by atoms with Crippen LogP contribution in [0.15, 0.2) is 29.8 Å². The summed E-state index contributed by atoms with van der Waals surface area (Å²) in [5, 5.41) is 8.94. The van der Waals surface area contributed by atoms with Crippen molar-refractivity contribution in [1.82, 2.24) is 0 Å². The minimum Gasteiger partial charge on any atom is -0.489 e. The highest BCUT2D eigenvalue weighted by Crippen LogP contribution is 2.38. The van der Waals surface area contributed by atoms with Crippen molar-refractivity contribution in [2.24, 2.45) is 0 Å². The van der Waals surface area contributed by atoms with Gasteiger partial charge in [-0.1, -0.05) is 21.5 Å². The minimum atomic E-state index is -0.923. The second kappa shape index (κ2) is 4.29. The summed E-state index contributed by atoms with van der Waals surface area (Å²) < 4.78 is 5.52. The molecule has 1 aromatic carbocycles. The summed E-state index contributed by atoms with van der Waals surface area (Å²) in [5.41, 5.74) is 2.27. The Bertz CT molecular complexity index is 465. The zero-order valence-electron chi connectivity index (χ0n) is 8.74. The highest BCUT2D eigenvalue weighted by Gasteiger charge is 2.19. The molecule has 84 valence electrons. The predicted octanol–water partition coefficient (Wildman–Crippen LogP) is 3.16. The molecule has 1 N–H and O–H groups in total. The van der Waals surface area contributed by atoms with Crippen molar-refractivity contribution in [3.63, 3.8) is 0 Å². The first kappa shape index (κ1) is 11.2. The second-order valence-corrected chi connectivity index (χ2v) is 4.60. The van der Waals surface area contributed by atoms with Crippen LogP contribution in [0.4, 0.5) is 0 Å². The average molecular weight is 283 g/mol. The van der Waals surface area contributed by atoms with Gasteiger partial charge >= 0.3 is 5.97 Å². The molecular weight excluding hydrogens is 272 g/mol. The van der Waals surface area contributed by atoms with Crippen molar-refractivity contribution >= 4 is 21.9 Å². The zero-order chi connectivity index (χ0) is 11.7. The molecule has 0 fully saturated rings. The van der Waals surface area contributed by atoms with Crippen molar-refractivity contribution < 1.29 is 14.6 Å². The molecule has 0 amide bonds. The van der Waals surface area contributed by atoms with Gasteiger partial charge in [-0.2, -0.15) is 0 Å². The first-order valence-corrected chi connectivity index (χ1v) is 5.82. The van der Waals surface area contributed by atoms with Crippen LogP contribution < -0.4 is 4.74 Å². The summed E-state index contributed by atoms with van der Waals surface area (Å²) in [6.07, 6.45) is 1.99. The molecule has 1 atom stereocenters. The van der Waals surface area contributed by atoms with Gasteiger partial charge in [-0.3, -0.25) is 0 Å². The molecule has 1 aromatic rings. The number of alkyl halides is 1. The highest BCUT2D eigenvalue weighted by atomic mass is 79.9. The van der Waals surface area contributed by atoms with Gasteiger partial charge in [0.1, 0.15) is 12.4 Å². The molecule has 1 aliphatic rings. The van der Waals surface area contributed by atoms with Gasteiger partial charge in [-0.15, -0.1) is 0 Å². The van der Waals surface area contributed by atoms with E-state index in [9.17, 15) is 4.79 Å². The summed E-state index contributed by atoms with van der Waals surface area (Å²) in [4.78, 5) is 10.9. The molecule has 2 rings (SSSR count). The maximum atomic E-state index is 10.9. The van der Waals surface area contributed by atoms with E-state index in [1.54, 1.807) is 18.2 Å². The van der Waals surface area contributed by atoms with Crippen LogP contribution in [0.1, 0.15) is 27.7 Å². The number of carboxylic acids is 1. The van der Waals surface area contributed by atoms with Crippen LogP contribution in [0.3, 0.4) is 0 Å². The number of allylic oxidation sites excluding steroid dienone is 1. The fraction of sp³-hybridized carbons (Fsp3) is 0.250. The van der Waals surface area contributed by atoms with E-state index < -0.39 is 5.97 Å². The van der Waals surface area contributed by atoms with Gasteiger partial charge < -0.3 is 9.84 Å². The van der Waals surface area contributed by atoms with E-state index in [0.717, 1.165) is 16.9 Å². The van der Waals surface area contributed by atoms with E-state index >= 15 is 0 Å². The number of benzene rings is 1. The number of halogens is 1. The number of aromatic carboxylic acids is 1. The van der Waals surface area contributed by atoms with E-state index in [0.29, 0.717) is 6.61 Å². The Kier molecular flexibility index (Phi) is 3.01. The minimum absolute atomic E-state index is 0.0179. The average Bonchev–Trinajstić information content (AvgIpc) is 2.40. The zero-order valence-corrected chi connectivity index (χ0v) is 10.3. The van der Waals surface area contributed by atoms with E-state index in [-0.39, 0.29) is 10.4 Å². The molecule has 1 aliphatic heterocycles. The molecule has 1 unspecified atom stereocenters. The number of carboxylic acid groups (broad SMARTS) is 1. The van der Waals surface area contributed by atoms with Gasteiger partial charge in [0, 0.05) is 5.56 Å². The third-order valence-corrected chi connectivity index (χ3v) is 3.79. The largest absolute Gasteiger partial charge is 0.489 e. The van der Waals surface area contributed by atoms with E-state index in [1.807, 2.05) is 13.0 Å². The molecule has 0 aliphatic carbocycles. The smallest absolute Gasteiger partial charge is 0.335 e. The molecule has 0 bridgehead atoms. The lowest BCUT2D eigenvalue weighted by Gasteiger charge is -2.12. The first-order valence-electron chi connectivity index (χ1n) is 4.90. The summed E-state index contributed by atoms with van der Waals surface area (Å²) in [6.45, 7) is 2.51. The van der Waals surface area contributed by atoms with Crippen LogP contribution in [0.5, 0.6) is 5.75 Å². The normalized spacial score (nSPS) is 19.1. The summed E-state index contributed by atoms with van der Waals surface area (Å²) in [5.74, 6) is -0.187. The lowest BCUT2D eigenvalue weighted by Crippen LogP contribution is -2.01. The standard InChI is InChI=1S/C12H11BrO3/c1-7-4-5-16-10-3-2-8(12(14)15)6-9(10)11(7)13/h2-4,6,11H,5H2,1H3,(H,14,15). The first-order chi connectivity index (χ1) is 7.59. The van der Waals surface area contributed by atoms with Gasteiger partial charge in [-0.25, -0.2) is 4.79 Å². The molecule has 4 heteroatoms. The van der Waals surface area contributed by atoms with Gasteiger partial charge in [0.25, 0.3) is 0 Å². The van der Waals surface area contributed by atoms with Crippen LogP contribution in [0.25, 0.3) is 0 Å². The van der Waals surface area contributed by atoms with Crippen molar-refractivity contribution in [2.75, 3.05) is 6.61 Å². The van der Waals surface area contributed by atoms with E-state index in [4.69, 9.17) is 9.84 Å². The van der Waals surface area contributed by atoms with Gasteiger partial charge in [0.05, 0.1) is 10.4 Å². The maximum Gasteiger partial charge on any atom is 0.335 e. The lowest BCUT2D eigenvalue weighted by atomic mass is 10.0. The SMILES string of the molecule is CC1=CCOc2ccc(C(=O)O)cc2C1Br. The molecule has 0 saturated carbocycles. The predicted molar refractivity (Wildman–Crippen MR) is 64.3 cm³/mol. The Morgan fingerprint density at radius 3 is 3.00 bits per heavy atom. The van der Waals surface area contributed by atoms with E-state index in [1.165, 1.54) is 0 Å². The molecule has 3 nitrogen and oxygen atoms in total. The Labute approximate surface area is 102 Å². The summed E-state index contributed by atoms with van der Waals surface area (Å²) >= 11 is 3.54. The molecule has 0 spiro atoms. The highest BCUT2D eigenvalue weighted by molar-refractivity contribution is 9.09. The van der Waals surface area contributed by atoms with Gasteiger partial charge in [-0.05, 0) is 31.2 Å². The Morgan fingerprint density at radius 2 is 2.31 bits per heavy atom. The van der Waals surface area contributed by atoms with Crippen LogP contribution in [-0.2, 0) is 0 Å². The van der Waals surface area contributed by atoms with Crippen LogP contribution in [-0.4, -0.2) is 17.7 Å². The second-order valence-electron chi connectivity index (χ2n) is 3.68. The van der Waals surface area contributed by atoms with Gasteiger partial charge in [0.2, 0.25) is 0 Å². The fourth-order valence-corrected chi connectivity index (χ4v) is 2.17. The third-order valence-electron chi connectivity index (χ3n) is 2.57. The van der Waals surface area contributed by atoms with Crippen LogP contribution >= 0.6 is 15.9 Å². The number of ether oxygens (including phenoxy) is 1. The van der Waals surface area contributed by atoms with Crippen molar-refractivity contribution in [3.8, 4) is 5.75 Å².